The van der Waals surface area contributed by atoms with Crippen LogP contribution in [0.2, 0.25) is 0 Å². The maximum atomic E-state index is 11.1. The van der Waals surface area contributed by atoms with Crippen molar-refractivity contribution < 1.29 is 9.90 Å². The summed E-state index contributed by atoms with van der Waals surface area (Å²) in [6.07, 6.45) is 2.54. The van der Waals surface area contributed by atoms with Gasteiger partial charge in [0.05, 0.1) is 0 Å². The van der Waals surface area contributed by atoms with E-state index < -0.39 is 5.97 Å². The number of anilines is 1. The van der Waals surface area contributed by atoms with Crippen molar-refractivity contribution in [1.29, 1.82) is 0 Å². The van der Waals surface area contributed by atoms with Crippen LogP contribution >= 0.6 is 0 Å². The number of rotatable bonds is 5. The molecule has 0 aromatic carbocycles. The number of carbonyl (C=O) groups is 1. The zero-order valence-corrected chi connectivity index (χ0v) is 10.5. The normalized spacial score (nSPS) is 10.2. The first-order valence-electron chi connectivity index (χ1n) is 5.98. The van der Waals surface area contributed by atoms with Gasteiger partial charge in [0.15, 0.2) is 11.5 Å². The Morgan fingerprint density at radius 2 is 2.21 bits per heavy atom. The maximum Gasteiger partial charge on any atom is 0.354 e. The largest absolute Gasteiger partial charge is 0.477 e. The van der Waals surface area contributed by atoms with Crippen molar-refractivity contribution in [3.8, 4) is 11.5 Å². The van der Waals surface area contributed by atoms with Gasteiger partial charge in [0.2, 0.25) is 0 Å². The molecule has 0 fully saturated rings. The Labute approximate surface area is 110 Å². The fourth-order valence-corrected chi connectivity index (χ4v) is 1.51. The molecule has 2 N–H and O–H groups in total. The van der Waals surface area contributed by atoms with Crippen molar-refractivity contribution in [1.82, 2.24) is 15.0 Å². The molecule has 98 valence electrons. The van der Waals surface area contributed by atoms with Crippen LogP contribution in [0.3, 0.4) is 0 Å². The summed E-state index contributed by atoms with van der Waals surface area (Å²) in [5.41, 5.74) is 0.499. The molecule has 6 heteroatoms. The average molecular weight is 258 g/mol. The number of nitrogens with one attached hydrogen (secondary N) is 1. The van der Waals surface area contributed by atoms with Crippen LogP contribution in [0.25, 0.3) is 11.5 Å². The number of aromatic carboxylic acids is 1. The summed E-state index contributed by atoms with van der Waals surface area (Å²) in [7, 11) is 0. The number of carboxylic acids is 1. The van der Waals surface area contributed by atoms with E-state index in [9.17, 15) is 4.79 Å². The van der Waals surface area contributed by atoms with E-state index in [0.29, 0.717) is 17.3 Å². The van der Waals surface area contributed by atoms with Gasteiger partial charge in [0.1, 0.15) is 11.5 Å². The van der Waals surface area contributed by atoms with E-state index in [2.05, 4.69) is 20.3 Å². The fourth-order valence-electron chi connectivity index (χ4n) is 1.51. The second-order valence-corrected chi connectivity index (χ2v) is 3.91. The van der Waals surface area contributed by atoms with Crippen LogP contribution in [-0.4, -0.2) is 32.6 Å². The van der Waals surface area contributed by atoms with Gasteiger partial charge in [-0.05, 0) is 18.6 Å². The Bertz CT molecular complexity index is 572. The lowest BCUT2D eigenvalue weighted by molar-refractivity contribution is 0.0690. The third-order valence-corrected chi connectivity index (χ3v) is 2.40. The van der Waals surface area contributed by atoms with Gasteiger partial charge in [-0.1, -0.05) is 13.0 Å². The minimum atomic E-state index is -1.08. The van der Waals surface area contributed by atoms with Crippen molar-refractivity contribution in [2.24, 2.45) is 0 Å². The Hall–Kier alpha value is -2.50. The summed E-state index contributed by atoms with van der Waals surface area (Å²) in [6, 6.07) is 6.74. The predicted octanol–water partition coefficient (Wildman–Crippen LogP) is 2.06. The molecule has 0 saturated heterocycles. The summed E-state index contributed by atoms with van der Waals surface area (Å²) < 4.78 is 0. The highest BCUT2D eigenvalue weighted by Crippen LogP contribution is 2.15. The van der Waals surface area contributed by atoms with Gasteiger partial charge in [-0.25, -0.2) is 14.8 Å². The number of carboxylic acid groups (broad SMARTS) is 1. The molecule has 0 bridgehead atoms. The minimum Gasteiger partial charge on any atom is -0.477 e. The van der Waals surface area contributed by atoms with Gasteiger partial charge in [0.25, 0.3) is 0 Å². The van der Waals surface area contributed by atoms with Gasteiger partial charge in [0, 0.05) is 18.8 Å². The third-order valence-electron chi connectivity index (χ3n) is 2.40. The van der Waals surface area contributed by atoms with Crippen molar-refractivity contribution in [2.45, 2.75) is 13.3 Å². The Morgan fingerprint density at radius 1 is 1.37 bits per heavy atom. The highest BCUT2D eigenvalue weighted by Gasteiger charge is 2.12. The third kappa shape index (κ3) is 3.25. The second kappa shape index (κ2) is 5.90. The molecule has 0 radical (unpaired) electrons. The average Bonchev–Trinajstić information content (AvgIpc) is 2.45. The van der Waals surface area contributed by atoms with Crippen molar-refractivity contribution in [3.63, 3.8) is 0 Å². The van der Waals surface area contributed by atoms with Crippen molar-refractivity contribution >= 4 is 11.8 Å². The van der Waals surface area contributed by atoms with E-state index >= 15 is 0 Å². The predicted molar refractivity (Wildman–Crippen MR) is 71.0 cm³/mol. The molecule has 0 aliphatic carbocycles. The number of hydrogen-bond acceptors (Lipinski definition) is 5. The molecule has 6 nitrogen and oxygen atoms in total. The van der Waals surface area contributed by atoms with Crippen LogP contribution in [0.5, 0.6) is 0 Å². The van der Waals surface area contributed by atoms with E-state index in [1.807, 2.05) is 6.92 Å². The monoisotopic (exact) mass is 258 g/mol. The molecule has 0 aliphatic rings. The lowest BCUT2D eigenvalue weighted by atomic mass is 10.3. The fraction of sp³-hybridized carbons (Fsp3) is 0.231. The molecule has 0 aliphatic heterocycles. The highest BCUT2D eigenvalue weighted by atomic mass is 16.4. The number of pyridine rings is 1. The molecule has 0 atom stereocenters. The molecule has 0 amide bonds. The Morgan fingerprint density at radius 3 is 2.84 bits per heavy atom. The van der Waals surface area contributed by atoms with Crippen LogP contribution in [0.15, 0.2) is 30.5 Å². The van der Waals surface area contributed by atoms with Crippen molar-refractivity contribution in [3.05, 3.63) is 36.2 Å². The quantitative estimate of drug-likeness (QED) is 0.853. The zero-order valence-electron chi connectivity index (χ0n) is 10.5. The summed E-state index contributed by atoms with van der Waals surface area (Å²) in [4.78, 5) is 23.5. The van der Waals surface area contributed by atoms with Gasteiger partial charge in [-0.3, -0.25) is 4.98 Å². The van der Waals surface area contributed by atoms with Crippen LogP contribution in [0, 0.1) is 0 Å². The van der Waals surface area contributed by atoms with Gasteiger partial charge >= 0.3 is 5.97 Å². The van der Waals surface area contributed by atoms with E-state index in [1.54, 1.807) is 24.4 Å². The van der Waals surface area contributed by atoms with Crippen LogP contribution in [0.1, 0.15) is 23.8 Å². The van der Waals surface area contributed by atoms with Gasteiger partial charge in [-0.15, -0.1) is 0 Å². The van der Waals surface area contributed by atoms with E-state index in [-0.39, 0.29) is 5.69 Å². The van der Waals surface area contributed by atoms with Crippen LogP contribution in [-0.2, 0) is 0 Å². The molecule has 0 saturated carbocycles. The second-order valence-electron chi connectivity index (χ2n) is 3.91. The number of hydrogen-bond donors (Lipinski definition) is 2. The lowest BCUT2D eigenvalue weighted by Crippen LogP contribution is -2.08. The Balaban J connectivity index is 2.42. The highest BCUT2D eigenvalue weighted by molar-refractivity contribution is 5.86. The zero-order chi connectivity index (χ0) is 13.7. The molecular formula is C13H14N4O2. The standard InChI is InChI=1S/C13H14N4O2/c1-2-6-15-11-8-10(13(18)19)16-12(17-11)9-5-3-4-7-14-9/h3-5,7-8H,2,6H2,1H3,(H,18,19)(H,15,16,17). The summed E-state index contributed by atoms with van der Waals surface area (Å²) in [6.45, 7) is 2.74. The first kappa shape index (κ1) is 12.9. The number of nitrogens with zero attached hydrogens (tertiary/aromatic N) is 3. The van der Waals surface area contributed by atoms with E-state index in [1.165, 1.54) is 6.07 Å². The summed E-state index contributed by atoms with van der Waals surface area (Å²) in [5, 5.41) is 12.1. The van der Waals surface area contributed by atoms with Crippen LogP contribution < -0.4 is 5.32 Å². The topological polar surface area (TPSA) is 88.0 Å². The molecule has 2 heterocycles. The van der Waals surface area contributed by atoms with Crippen LogP contribution in [0.4, 0.5) is 5.82 Å². The molecule has 0 unspecified atom stereocenters. The first-order valence-corrected chi connectivity index (χ1v) is 5.98. The first-order chi connectivity index (χ1) is 9.20. The maximum absolute atomic E-state index is 11.1. The molecular weight excluding hydrogens is 244 g/mol. The molecule has 0 spiro atoms. The molecule has 2 aromatic heterocycles. The molecule has 2 aromatic rings. The lowest BCUT2D eigenvalue weighted by Gasteiger charge is -2.07. The minimum absolute atomic E-state index is 0.0470. The SMILES string of the molecule is CCCNc1cc(C(=O)O)nc(-c2ccccn2)n1. The van der Waals surface area contributed by atoms with Crippen molar-refractivity contribution in [2.75, 3.05) is 11.9 Å². The molecule has 19 heavy (non-hydrogen) atoms. The van der Waals surface area contributed by atoms with E-state index in [0.717, 1.165) is 13.0 Å². The van der Waals surface area contributed by atoms with E-state index in [4.69, 9.17) is 5.11 Å². The Kier molecular flexibility index (Phi) is 4.02. The summed E-state index contributed by atoms with van der Waals surface area (Å²) >= 11 is 0. The van der Waals surface area contributed by atoms with Gasteiger partial charge < -0.3 is 10.4 Å². The summed E-state index contributed by atoms with van der Waals surface area (Å²) in [5.74, 6) is -0.284. The molecule has 2 rings (SSSR count). The van der Waals surface area contributed by atoms with Gasteiger partial charge in [-0.2, -0.15) is 0 Å². The smallest absolute Gasteiger partial charge is 0.354 e. The number of aromatic nitrogens is 3.